The average Bonchev–Trinajstić information content (AvgIpc) is 2.26. The lowest BCUT2D eigenvalue weighted by atomic mass is 10.1. The van der Waals surface area contributed by atoms with E-state index in [2.05, 4.69) is 12.6 Å². The highest BCUT2D eigenvalue weighted by atomic mass is 32.1. The van der Waals surface area contributed by atoms with Gasteiger partial charge in [0.2, 0.25) is 0 Å². The van der Waals surface area contributed by atoms with Gasteiger partial charge in [-0.3, -0.25) is 10.1 Å². The minimum Gasteiger partial charge on any atom is -0.619 e. The molecule has 0 spiro atoms. The molecule has 1 rings (SSSR count). The second-order valence-corrected chi connectivity index (χ2v) is 3.46. The summed E-state index contributed by atoms with van der Waals surface area (Å²) in [6.45, 7) is 0. The minimum atomic E-state index is -1.51. The summed E-state index contributed by atoms with van der Waals surface area (Å²) in [5, 5.41) is 40.5. The maximum atomic E-state index is 11.0. The summed E-state index contributed by atoms with van der Waals surface area (Å²) in [7, 11) is 0. The molecule has 88 valence electrons. The van der Waals surface area contributed by atoms with Crippen LogP contribution in [-0.4, -0.2) is 27.0 Å². The fourth-order valence-electron chi connectivity index (χ4n) is 1.19. The lowest BCUT2D eigenvalue weighted by Crippen LogP contribution is -2.29. The number of pyridine rings is 1. The van der Waals surface area contributed by atoms with Crippen molar-refractivity contribution in [1.29, 1.82) is 0 Å². The molecular weight excluding hydrogens is 236 g/mol. The summed E-state index contributed by atoms with van der Waals surface area (Å²) >= 11 is 3.75. The van der Waals surface area contributed by atoms with E-state index in [1.165, 1.54) is 0 Å². The number of hydrogen-bond acceptors (Lipinski definition) is 6. The van der Waals surface area contributed by atoms with Crippen molar-refractivity contribution >= 4 is 18.3 Å². The Balaban J connectivity index is 3.19. The topological polar surface area (TPSA) is 111 Å². The number of aromatic nitrogens is 1. The molecule has 8 heteroatoms. The Hall–Kier alpha value is -1.38. The number of hydrogen-bond donors (Lipinski definition) is 3. The van der Waals surface area contributed by atoms with Gasteiger partial charge >= 0.3 is 0 Å². The molecule has 1 heterocycles. The van der Waals surface area contributed by atoms with Gasteiger partial charge in [-0.2, -0.15) is 17.4 Å². The predicted octanol–water partition coefficient (Wildman–Crippen LogP) is -0.448. The molecule has 7 nitrogen and oxygen atoms in total. The van der Waals surface area contributed by atoms with Crippen LogP contribution in [0, 0.1) is 15.3 Å². The Bertz CT molecular complexity index is 400. The molecule has 0 saturated carbocycles. The number of aliphatic hydroxyl groups is 2. The van der Waals surface area contributed by atoms with Gasteiger partial charge in [0.05, 0.1) is 17.1 Å². The summed E-state index contributed by atoms with van der Waals surface area (Å²) in [5.41, 5.74) is -0.649. The van der Waals surface area contributed by atoms with Crippen LogP contribution in [0.1, 0.15) is 11.7 Å². The van der Waals surface area contributed by atoms with Gasteiger partial charge in [0, 0.05) is 5.75 Å². The number of nitrogens with zero attached hydrogens (tertiary/aromatic N) is 2. The van der Waals surface area contributed by atoms with Crippen molar-refractivity contribution in [3.8, 4) is 0 Å². The molecule has 2 unspecified atom stereocenters. The van der Waals surface area contributed by atoms with Crippen LogP contribution in [0.2, 0.25) is 0 Å². The van der Waals surface area contributed by atoms with Gasteiger partial charge in [0.1, 0.15) is 11.7 Å². The van der Waals surface area contributed by atoms with Gasteiger partial charge in [-0.1, -0.05) is 0 Å². The van der Waals surface area contributed by atoms with E-state index in [1.807, 2.05) is 0 Å². The first-order valence-corrected chi connectivity index (χ1v) is 4.94. The van der Waals surface area contributed by atoms with Crippen molar-refractivity contribution in [1.82, 2.24) is 0 Å². The normalized spacial score (nSPS) is 14.4. The smallest absolute Gasteiger partial charge is 0.287 e. The summed E-state index contributed by atoms with van der Waals surface area (Å²) in [6, 6.07) is 0.969. The second kappa shape index (κ2) is 5.10. The molecule has 0 aliphatic carbocycles. The Labute approximate surface area is 96.1 Å². The highest BCUT2D eigenvalue weighted by Crippen LogP contribution is 2.25. The molecule has 1 aromatic heterocycles. The van der Waals surface area contributed by atoms with Crippen molar-refractivity contribution in [3.63, 3.8) is 0 Å². The van der Waals surface area contributed by atoms with E-state index in [-0.39, 0.29) is 11.3 Å². The van der Waals surface area contributed by atoms with Crippen LogP contribution in [-0.2, 0) is 0 Å². The fraction of sp³-hybridized carbons (Fsp3) is 0.375. The second-order valence-electron chi connectivity index (χ2n) is 3.10. The van der Waals surface area contributed by atoms with E-state index in [0.717, 1.165) is 18.5 Å². The number of rotatable bonds is 4. The van der Waals surface area contributed by atoms with Crippen LogP contribution in [0.3, 0.4) is 0 Å². The highest BCUT2D eigenvalue weighted by molar-refractivity contribution is 7.80. The van der Waals surface area contributed by atoms with E-state index >= 15 is 0 Å². The van der Waals surface area contributed by atoms with Crippen molar-refractivity contribution < 1.29 is 19.9 Å². The monoisotopic (exact) mass is 246 g/mol. The highest BCUT2D eigenvalue weighted by Gasteiger charge is 2.28. The molecule has 0 aliphatic rings. The van der Waals surface area contributed by atoms with Gasteiger partial charge in [0.25, 0.3) is 5.69 Å². The summed E-state index contributed by atoms with van der Waals surface area (Å²) in [4.78, 5) is 9.90. The zero-order valence-electron chi connectivity index (χ0n) is 8.05. The van der Waals surface area contributed by atoms with Crippen LogP contribution < -0.4 is 4.73 Å². The molecule has 0 fully saturated rings. The van der Waals surface area contributed by atoms with Crippen molar-refractivity contribution in [2.45, 2.75) is 12.2 Å². The molecule has 0 aromatic carbocycles. The Morgan fingerprint density at radius 2 is 2.19 bits per heavy atom. The Kier molecular flexibility index (Phi) is 4.05. The first-order valence-electron chi connectivity index (χ1n) is 4.31. The van der Waals surface area contributed by atoms with Crippen LogP contribution in [0.15, 0.2) is 18.5 Å². The minimum absolute atomic E-state index is 0.0773. The zero-order chi connectivity index (χ0) is 12.3. The van der Waals surface area contributed by atoms with E-state index in [1.54, 1.807) is 0 Å². The van der Waals surface area contributed by atoms with E-state index in [4.69, 9.17) is 0 Å². The summed E-state index contributed by atoms with van der Waals surface area (Å²) in [6.07, 6.45) is -0.986. The zero-order valence-corrected chi connectivity index (χ0v) is 8.95. The average molecular weight is 246 g/mol. The van der Waals surface area contributed by atoms with Crippen LogP contribution in [0.25, 0.3) is 0 Å². The van der Waals surface area contributed by atoms with Crippen molar-refractivity contribution in [2.24, 2.45) is 0 Å². The van der Waals surface area contributed by atoms with Crippen LogP contribution >= 0.6 is 12.6 Å². The first kappa shape index (κ1) is 12.7. The number of nitro groups is 1. The quantitative estimate of drug-likeness (QED) is 0.219. The van der Waals surface area contributed by atoms with Gasteiger partial charge in [0.15, 0.2) is 12.4 Å². The summed E-state index contributed by atoms with van der Waals surface area (Å²) < 4.78 is 0.316. The van der Waals surface area contributed by atoms with Crippen LogP contribution in [0.5, 0.6) is 0 Å². The predicted molar refractivity (Wildman–Crippen MR) is 56.9 cm³/mol. The first-order chi connectivity index (χ1) is 7.47. The van der Waals surface area contributed by atoms with Crippen LogP contribution in [0.4, 0.5) is 5.69 Å². The molecular formula is C8H10N2O5S. The number of thiol groups is 1. The third-order valence-electron chi connectivity index (χ3n) is 2.01. The van der Waals surface area contributed by atoms with E-state index < -0.39 is 22.8 Å². The van der Waals surface area contributed by atoms with Gasteiger partial charge in [-0.25, -0.2) is 0 Å². The third kappa shape index (κ3) is 2.60. The molecule has 0 aliphatic heterocycles. The van der Waals surface area contributed by atoms with E-state index in [9.17, 15) is 25.5 Å². The Morgan fingerprint density at radius 3 is 2.69 bits per heavy atom. The maximum absolute atomic E-state index is 11.0. The van der Waals surface area contributed by atoms with Gasteiger partial charge in [-0.15, -0.1) is 0 Å². The molecule has 16 heavy (non-hydrogen) atoms. The lowest BCUT2D eigenvalue weighted by molar-refractivity contribution is -0.606. The number of aliphatic hydroxyl groups excluding tert-OH is 2. The molecule has 0 amide bonds. The largest absolute Gasteiger partial charge is 0.619 e. The maximum Gasteiger partial charge on any atom is 0.287 e. The fourth-order valence-corrected chi connectivity index (χ4v) is 1.39. The SMILES string of the molecule is O=[N+]([O-])c1cc[n+]([O-])cc1C(O)C(O)CS. The molecule has 2 atom stereocenters. The standard InChI is InChI=1S/C8H10N2O5S/c11-7(4-16)8(12)5-3-9(13)2-1-6(5)10(14)15/h1-3,7-8,11-12,16H,4H2. The third-order valence-corrected chi connectivity index (χ3v) is 2.38. The molecule has 2 N–H and O–H groups in total. The van der Waals surface area contributed by atoms with E-state index in [0.29, 0.717) is 4.73 Å². The van der Waals surface area contributed by atoms with Crippen molar-refractivity contribution in [3.05, 3.63) is 39.3 Å². The summed E-state index contributed by atoms with van der Waals surface area (Å²) in [5.74, 6) is -0.0773. The Morgan fingerprint density at radius 1 is 1.56 bits per heavy atom. The molecule has 1 aromatic rings. The van der Waals surface area contributed by atoms with Crippen molar-refractivity contribution in [2.75, 3.05) is 5.75 Å². The lowest BCUT2D eigenvalue weighted by Gasteiger charge is -2.14. The molecule has 0 bridgehead atoms. The molecule has 0 radical (unpaired) electrons. The van der Waals surface area contributed by atoms with Gasteiger partial charge < -0.3 is 15.4 Å². The van der Waals surface area contributed by atoms with Gasteiger partial charge in [-0.05, 0) is 0 Å². The molecule has 0 saturated heterocycles.